The Morgan fingerprint density at radius 3 is 2.46 bits per heavy atom. The van der Waals surface area contributed by atoms with Crippen LogP contribution in [-0.4, -0.2) is 44.6 Å². The lowest BCUT2D eigenvalue weighted by Crippen LogP contribution is -2.34. The number of amides is 1. The molecule has 1 saturated heterocycles. The fourth-order valence-electron chi connectivity index (χ4n) is 3.79. The van der Waals surface area contributed by atoms with Crippen LogP contribution in [0, 0.1) is 29.9 Å². The van der Waals surface area contributed by atoms with Crippen LogP contribution in [0.1, 0.15) is 40.7 Å². The zero-order chi connectivity index (χ0) is 19.7. The highest BCUT2D eigenvalue weighted by Crippen LogP contribution is 2.25. The Kier molecular flexibility index (Phi) is 6.79. The lowest BCUT2D eigenvalue weighted by molar-refractivity contribution is -0.386. The molecule has 2 unspecified atom stereocenters. The van der Waals surface area contributed by atoms with E-state index in [9.17, 15) is 14.9 Å². The van der Waals surface area contributed by atoms with Gasteiger partial charge in [-0.25, -0.2) is 0 Å². The van der Waals surface area contributed by atoms with Crippen molar-refractivity contribution in [2.75, 3.05) is 13.1 Å². The predicted octanol–water partition coefficient (Wildman–Crippen LogP) is 2.69. The van der Waals surface area contributed by atoms with Crippen LogP contribution < -0.4 is 5.73 Å². The average Bonchev–Trinajstić information content (AvgIpc) is 3.14. The standard InChI is InChI=1S/C19H25N5O3.ClH/c1-12-8-16(9-20)10-22(12)19(25)17-6-4-15(5-7-17)11-23-14(3)18(24(26)27)13(2)21-23;/h4-7,12,16H,8-11,20H2,1-3H3;1H. The molecule has 0 saturated carbocycles. The number of nitrogens with two attached hydrogens (primary N) is 1. The number of carbonyl (C=O) groups excluding carboxylic acids is 1. The van der Waals surface area contributed by atoms with Gasteiger partial charge in [0.25, 0.3) is 5.91 Å². The van der Waals surface area contributed by atoms with E-state index in [0.717, 1.165) is 12.0 Å². The molecule has 2 N–H and O–H groups in total. The lowest BCUT2D eigenvalue weighted by atomic mass is 10.1. The number of nitrogens with zero attached hydrogens (tertiary/aromatic N) is 4. The second-order valence-corrected chi connectivity index (χ2v) is 7.28. The molecule has 0 spiro atoms. The van der Waals surface area contributed by atoms with Gasteiger partial charge in [0.2, 0.25) is 0 Å². The zero-order valence-corrected chi connectivity index (χ0v) is 17.1. The quantitative estimate of drug-likeness (QED) is 0.605. The summed E-state index contributed by atoms with van der Waals surface area (Å²) in [7, 11) is 0. The van der Waals surface area contributed by atoms with E-state index >= 15 is 0 Å². The first-order chi connectivity index (χ1) is 12.8. The third-order valence-electron chi connectivity index (χ3n) is 5.31. The summed E-state index contributed by atoms with van der Waals surface area (Å²) in [6, 6.07) is 7.55. The average molecular weight is 408 g/mol. The van der Waals surface area contributed by atoms with Gasteiger partial charge in [0.05, 0.1) is 11.5 Å². The van der Waals surface area contributed by atoms with E-state index in [0.29, 0.717) is 42.5 Å². The van der Waals surface area contributed by atoms with Crippen molar-refractivity contribution < 1.29 is 9.72 Å². The van der Waals surface area contributed by atoms with Crippen molar-refractivity contribution in [2.45, 2.75) is 39.8 Å². The fourth-order valence-corrected chi connectivity index (χ4v) is 3.79. The molecule has 1 amide bonds. The fraction of sp³-hybridized carbons (Fsp3) is 0.474. The first-order valence-corrected chi connectivity index (χ1v) is 9.10. The molecule has 8 nitrogen and oxygen atoms in total. The maximum atomic E-state index is 12.8. The van der Waals surface area contributed by atoms with Gasteiger partial charge in [-0.15, -0.1) is 12.4 Å². The molecule has 28 heavy (non-hydrogen) atoms. The number of nitro groups is 1. The highest BCUT2D eigenvalue weighted by Gasteiger charge is 2.32. The molecular formula is C19H26ClN5O3. The summed E-state index contributed by atoms with van der Waals surface area (Å²) in [4.78, 5) is 25.4. The number of aryl methyl sites for hydroxylation is 1. The second-order valence-electron chi connectivity index (χ2n) is 7.28. The van der Waals surface area contributed by atoms with E-state index in [-0.39, 0.29) is 30.0 Å². The molecule has 1 aromatic carbocycles. The van der Waals surface area contributed by atoms with Crippen LogP contribution in [0.15, 0.2) is 24.3 Å². The number of benzene rings is 1. The topological polar surface area (TPSA) is 107 Å². The minimum Gasteiger partial charge on any atom is -0.336 e. The summed E-state index contributed by atoms with van der Waals surface area (Å²) in [5, 5.41) is 15.4. The first-order valence-electron chi connectivity index (χ1n) is 9.10. The number of hydrogen-bond acceptors (Lipinski definition) is 5. The maximum absolute atomic E-state index is 12.8. The first kappa shape index (κ1) is 21.8. The third kappa shape index (κ3) is 4.18. The molecule has 1 fully saturated rings. The van der Waals surface area contributed by atoms with Crippen molar-refractivity contribution in [3.63, 3.8) is 0 Å². The maximum Gasteiger partial charge on any atom is 0.312 e. The smallest absolute Gasteiger partial charge is 0.312 e. The summed E-state index contributed by atoms with van der Waals surface area (Å²) >= 11 is 0. The number of aromatic nitrogens is 2. The van der Waals surface area contributed by atoms with E-state index in [1.54, 1.807) is 30.7 Å². The van der Waals surface area contributed by atoms with Crippen LogP contribution in [0.2, 0.25) is 0 Å². The summed E-state index contributed by atoms with van der Waals surface area (Å²) in [5.41, 5.74) is 8.30. The summed E-state index contributed by atoms with van der Waals surface area (Å²) in [6.07, 6.45) is 0.941. The van der Waals surface area contributed by atoms with Crippen molar-refractivity contribution >= 4 is 24.0 Å². The van der Waals surface area contributed by atoms with Crippen LogP contribution in [0.5, 0.6) is 0 Å². The molecule has 9 heteroatoms. The second kappa shape index (κ2) is 8.70. The molecule has 2 atom stereocenters. The molecule has 0 bridgehead atoms. The Balaban J connectivity index is 0.00000280. The predicted molar refractivity (Wildman–Crippen MR) is 109 cm³/mol. The molecule has 1 aliphatic rings. The number of rotatable bonds is 5. The molecule has 3 rings (SSSR count). The van der Waals surface area contributed by atoms with Crippen LogP contribution in [0.3, 0.4) is 0 Å². The van der Waals surface area contributed by atoms with Crippen molar-refractivity contribution in [3.05, 3.63) is 56.9 Å². The van der Waals surface area contributed by atoms with Gasteiger partial charge in [-0.1, -0.05) is 12.1 Å². The normalized spacial score (nSPS) is 18.8. The number of likely N-dealkylation sites (tertiary alicyclic amines) is 1. The molecular weight excluding hydrogens is 382 g/mol. The van der Waals surface area contributed by atoms with E-state index in [1.807, 2.05) is 17.0 Å². The number of carbonyl (C=O) groups is 1. The van der Waals surface area contributed by atoms with Crippen LogP contribution in [0.25, 0.3) is 0 Å². The van der Waals surface area contributed by atoms with E-state index < -0.39 is 4.92 Å². The van der Waals surface area contributed by atoms with Crippen LogP contribution >= 0.6 is 12.4 Å². The highest BCUT2D eigenvalue weighted by molar-refractivity contribution is 5.94. The largest absolute Gasteiger partial charge is 0.336 e. The molecule has 2 aromatic rings. The Bertz CT molecular complexity index is 865. The molecule has 1 aromatic heterocycles. The van der Waals surface area contributed by atoms with Gasteiger partial charge in [0.1, 0.15) is 11.4 Å². The lowest BCUT2D eigenvalue weighted by Gasteiger charge is -2.21. The van der Waals surface area contributed by atoms with Gasteiger partial charge < -0.3 is 10.6 Å². The molecule has 0 aliphatic carbocycles. The summed E-state index contributed by atoms with van der Waals surface area (Å²) < 4.78 is 1.62. The minimum absolute atomic E-state index is 0. The number of halogens is 1. The molecule has 1 aliphatic heterocycles. The van der Waals surface area contributed by atoms with Crippen molar-refractivity contribution in [2.24, 2.45) is 11.7 Å². The van der Waals surface area contributed by atoms with Crippen molar-refractivity contribution in [1.82, 2.24) is 14.7 Å². The Morgan fingerprint density at radius 1 is 1.32 bits per heavy atom. The monoisotopic (exact) mass is 407 g/mol. The van der Waals surface area contributed by atoms with Crippen LogP contribution in [0.4, 0.5) is 5.69 Å². The van der Waals surface area contributed by atoms with Gasteiger partial charge in [0, 0.05) is 18.2 Å². The third-order valence-corrected chi connectivity index (χ3v) is 5.31. The van der Waals surface area contributed by atoms with Gasteiger partial charge in [-0.2, -0.15) is 5.10 Å². The van der Waals surface area contributed by atoms with Crippen molar-refractivity contribution in [3.8, 4) is 0 Å². The highest BCUT2D eigenvalue weighted by atomic mass is 35.5. The van der Waals surface area contributed by atoms with E-state index in [2.05, 4.69) is 12.0 Å². The Morgan fingerprint density at radius 2 is 1.96 bits per heavy atom. The van der Waals surface area contributed by atoms with Gasteiger partial charge in [-0.3, -0.25) is 19.6 Å². The Hall–Kier alpha value is -2.45. The molecule has 0 radical (unpaired) electrons. The summed E-state index contributed by atoms with van der Waals surface area (Å²) in [6.45, 7) is 7.10. The molecule has 152 valence electrons. The van der Waals surface area contributed by atoms with Crippen LogP contribution in [-0.2, 0) is 6.54 Å². The van der Waals surface area contributed by atoms with Gasteiger partial charge >= 0.3 is 5.69 Å². The zero-order valence-electron chi connectivity index (χ0n) is 16.3. The van der Waals surface area contributed by atoms with Gasteiger partial charge in [0.15, 0.2) is 0 Å². The van der Waals surface area contributed by atoms with Gasteiger partial charge in [-0.05, 0) is 57.4 Å². The van der Waals surface area contributed by atoms with Crippen molar-refractivity contribution in [1.29, 1.82) is 0 Å². The van der Waals surface area contributed by atoms with E-state index in [1.165, 1.54) is 0 Å². The Labute approximate surface area is 170 Å². The number of hydrogen-bond donors (Lipinski definition) is 1. The van der Waals surface area contributed by atoms with E-state index in [4.69, 9.17) is 5.73 Å². The molecule has 2 heterocycles. The summed E-state index contributed by atoms with van der Waals surface area (Å²) in [5.74, 6) is 0.386. The SMILES string of the molecule is Cc1nn(Cc2ccc(C(=O)N3CC(CN)CC3C)cc2)c(C)c1[N+](=O)[O-].Cl. The minimum atomic E-state index is -0.401.